The fourth-order valence-electron chi connectivity index (χ4n) is 2.79. The molecule has 0 saturated carbocycles. The highest BCUT2D eigenvalue weighted by atomic mass is 79.9. The molecule has 0 N–H and O–H groups in total. The molecule has 0 spiro atoms. The van der Waals surface area contributed by atoms with Crippen molar-refractivity contribution in [3.05, 3.63) is 51.2 Å². The standard InChI is InChI=1S/C17H18BrClN4O2/c1-21-10-14(18)16(20-21)17(25)23-8-6-22(7-9-23)11-15(24)12-2-4-13(19)5-3-12/h2-5,10H,6-9,11H2,1H3. The summed E-state index contributed by atoms with van der Waals surface area (Å²) in [5.74, 6) is -0.0277. The molecule has 8 heteroatoms. The first-order valence-corrected chi connectivity index (χ1v) is 9.10. The number of aromatic nitrogens is 2. The smallest absolute Gasteiger partial charge is 0.275 e. The number of amides is 1. The maximum Gasteiger partial charge on any atom is 0.275 e. The van der Waals surface area contributed by atoms with E-state index in [1.807, 2.05) is 0 Å². The molecule has 0 bridgehead atoms. The molecule has 132 valence electrons. The van der Waals surface area contributed by atoms with Crippen LogP contribution in [0.4, 0.5) is 0 Å². The largest absolute Gasteiger partial charge is 0.335 e. The SMILES string of the molecule is Cn1cc(Br)c(C(=O)N2CCN(CC(=O)c3ccc(Cl)cc3)CC2)n1. The first-order chi connectivity index (χ1) is 11.9. The molecule has 2 heterocycles. The highest BCUT2D eigenvalue weighted by Gasteiger charge is 2.26. The van der Waals surface area contributed by atoms with Gasteiger partial charge in [-0.2, -0.15) is 5.10 Å². The van der Waals surface area contributed by atoms with Gasteiger partial charge in [-0.05, 0) is 40.2 Å². The highest BCUT2D eigenvalue weighted by Crippen LogP contribution is 2.17. The van der Waals surface area contributed by atoms with E-state index in [1.54, 1.807) is 47.1 Å². The molecule has 0 aliphatic carbocycles. The minimum Gasteiger partial charge on any atom is -0.335 e. The summed E-state index contributed by atoms with van der Waals surface area (Å²) in [6, 6.07) is 6.91. The van der Waals surface area contributed by atoms with E-state index >= 15 is 0 Å². The van der Waals surface area contributed by atoms with Crippen LogP contribution in [-0.2, 0) is 7.05 Å². The van der Waals surface area contributed by atoms with Crippen LogP contribution in [0.1, 0.15) is 20.8 Å². The zero-order valence-corrected chi connectivity index (χ0v) is 16.1. The Bertz CT molecular complexity index is 782. The number of ketones is 1. The zero-order valence-electron chi connectivity index (χ0n) is 13.8. The number of aryl methyl sites for hydroxylation is 1. The number of carbonyl (C=O) groups is 2. The Balaban J connectivity index is 1.55. The van der Waals surface area contributed by atoms with Crippen molar-refractivity contribution in [3.63, 3.8) is 0 Å². The van der Waals surface area contributed by atoms with Gasteiger partial charge in [-0.25, -0.2) is 0 Å². The van der Waals surface area contributed by atoms with E-state index in [0.29, 0.717) is 53.5 Å². The van der Waals surface area contributed by atoms with Gasteiger partial charge in [0.05, 0.1) is 11.0 Å². The second-order valence-corrected chi connectivity index (χ2v) is 7.29. The molecule has 0 atom stereocenters. The number of nitrogens with zero attached hydrogens (tertiary/aromatic N) is 4. The van der Waals surface area contributed by atoms with Crippen molar-refractivity contribution >= 4 is 39.2 Å². The molecule has 1 aromatic carbocycles. The van der Waals surface area contributed by atoms with Gasteiger partial charge in [-0.15, -0.1) is 0 Å². The van der Waals surface area contributed by atoms with Crippen molar-refractivity contribution in [2.75, 3.05) is 32.7 Å². The van der Waals surface area contributed by atoms with Crippen LogP contribution in [0.5, 0.6) is 0 Å². The summed E-state index contributed by atoms with van der Waals surface area (Å²) in [6.45, 7) is 2.83. The van der Waals surface area contributed by atoms with Crippen LogP contribution in [-0.4, -0.2) is 64.0 Å². The molecule has 2 aromatic rings. The van der Waals surface area contributed by atoms with Crippen molar-refractivity contribution in [1.29, 1.82) is 0 Å². The topological polar surface area (TPSA) is 58.4 Å². The van der Waals surface area contributed by atoms with E-state index < -0.39 is 0 Å². The summed E-state index contributed by atoms with van der Waals surface area (Å²) in [5, 5.41) is 4.81. The number of hydrogen-bond donors (Lipinski definition) is 0. The van der Waals surface area contributed by atoms with Gasteiger partial charge >= 0.3 is 0 Å². The predicted molar refractivity (Wildman–Crippen MR) is 99.0 cm³/mol. The lowest BCUT2D eigenvalue weighted by Crippen LogP contribution is -2.50. The molecule has 1 aromatic heterocycles. The lowest BCUT2D eigenvalue weighted by molar-refractivity contribution is 0.0617. The van der Waals surface area contributed by atoms with Gasteiger partial charge in [0.2, 0.25) is 0 Å². The van der Waals surface area contributed by atoms with Crippen molar-refractivity contribution in [2.24, 2.45) is 7.05 Å². The third kappa shape index (κ3) is 4.29. The minimum absolute atomic E-state index is 0.0592. The first-order valence-electron chi connectivity index (χ1n) is 7.93. The molecule has 1 aliphatic heterocycles. The fraction of sp³-hybridized carbons (Fsp3) is 0.353. The van der Waals surface area contributed by atoms with Crippen molar-refractivity contribution in [2.45, 2.75) is 0 Å². The van der Waals surface area contributed by atoms with Gasteiger partial charge in [-0.3, -0.25) is 19.2 Å². The van der Waals surface area contributed by atoms with Gasteiger partial charge in [-0.1, -0.05) is 11.6 Å². The molecule has 1 fully saturated rings. The molecule has 0 unspecified atom stereocenters. The van der Waals surface area contributed by atoms with Crippen molar-refractivity contribution in [3.8, 4) is 0 Å². The van der Waals surface area contributed by atoms with Crippen molar-refractivity contribution in [1.82, 2.24) is 19.6 Å². The van der Waals surface area contributed by atoms with E-state index in [1.165, 1.54) is 0 Å². The number of hydrogen-bond acceptors (Lipinski definition) is 4. The summed E-state index contributed by atoms with van der Waals surface area (Å²) in [4.78, 5) is 28.7. The van der Waals surface area contributed by atoms with Crippen LogP contribution < -0.4 is 0 Å². The number of Topliss-reactive ketones (excluding diaryl/α,β-unsaturated/α-hetero) is 1. The Morgan fingerprint density at radius 2 is 1.80 bits per heavy atom. The molecule has 0 radical (unpaired) electrons. The number of benzene rings is 1. The van der Waals surface area contributed by atoms with Gasteiger partial charge in [0.25, 0.3) is 5.91 Å². The summed E-state index contributed by atoms with van der Waals surface area (Å²) >= 11 is 9.21. The normalized spacial score (nSPS) is 15.4. The Morgan fingerprint density at radius 3 is 2.36 bits per heavy atom. The van der Waals surface area contributed by atoms with Gasteiger partial charge in [0.1, 0.15) is 0 Å². The van der Waals surface area contributed by atoms with E-state index in [-0.39, 0.29) is 11.7 Å². The third-order valence-corrected chi connectivity index (χ3v) is 5.01. The Kier molecular flexibility index (Phi) is 5.56. The molecular weight excluding hydrogens is 408 g/mol. The van der Waals surface area contributed by atoms with E-state index in [0.717, 1.165) is 0 Å². The van der Waals surface area contributed by atoms with E-state index in [9.17, 15) is 9.59 Å². The quantitative estimate of drug-likeness (QED) is 0.706. The maximum atomic E-state index is 12.5. The molecule has 1 amide bonds. The predicted octanol–water partition coefficient (Wildman–Crippen LogP) is 2.48. The summed E-state index contributed by atoms with van der Waals surface area (Å²) < 4.78 is 2.30. The van der Waals surface area contributed by atoms with Crippen LogP contribution in [0.15, 0.2) is 34.9 Å². The van der Waals surface area contributed by atoms with Crippen LogP contribution >= 0.6 is 27.5 Å². The molecule has 1 saturated heterocycles. The fourth-order valence-corrected chi connectivity index (χ4v) is 3.46. The molecule has 25 heavy (non-hydrogen) atoms. The maximum absolute atomic E-state index is 12.5. The third-order valence-electron chi connectivity index (χ3n) is 4.18. The average molecular weight is 426 g/mol. The van der Waals surface area contributed by atoms with Crippen LogP contribution in [0.25, 0.3) is 0 Å². The second-order valence-electron chi connectivity index (χ2n) is 6.00. The Labute approximate surface area is 159 Å². The van der Waals surface area contributed by atoms with Crippen LogP contribution in [0.2, 0.25) is 5.02 Å². The van der Waals surface area contributed by atoms with Crippen LogP contribution in [0.3, 0.4) is 0 Å². The monoisotopic (exact) mass is 424 g/mol. The molecule has 3 rings (SSSR count). The van der Waals surface area contributed by atoms with E-state index in [4.69, 9.17) is 11.6 Å². The van der Waals surface area contributed by atoms with Gasteiger partial charge in [0.15, 0.2) is 11.5 Å². The summed E-state index contributed by atoms with van der Waals surface area (Å²) in [5.41, 5.74) is 1.08. The molecule has 1 aliphatic rings. The molecule has 6 nitrogen and oxygen atoms in total. The lowest BCUT2D eigenvalue weighted by atomic mass is 10.1. The highest BCUT2D eigenvalue weighted by molar-refractivity contribution is 9.10. The first kappa shape index (κ1) is 18.1. The minimum atomic E-state index is -0.0869. The Morgan fingerprint density at radius 1 is 1.16 bits per heavy atom. The zero-order chi connectivity index (χ0) is 18.0. The van der Waals surface area contributed by atoms with Gasteiger partial charge < -0.3 is 4.90 Å². The molecular formula is C17H18BrClN4O2. The van der Waals surface area contributed by atoms with Gasteiger partial charge in [0, 0.05) is 50.0 Å². The lowest BCUT2D eigenvalue weighted by Gasteiger charge is -2.34. The summed E-state index contributed by atoms with van der Waals surface area (Å²) in [7, 11) is 1.78. The number of halogens is 2. The van der Waals surface area contributed by atoms with E-state index in [2.05, 4.69) is 25.9 Å². The number of carbonyl (C=O) groups excluding carboxylic acids is 2. The Hall–Kier alpha value is -1.70. The second kappa shape index (κ2) is 7.68. The number of piperazine rings is 1. The summed E-state index contributed by atoms with van der Waals surface area (Å²) in [6.07, 6.45) is 1.76. The average Bonchev–Trinajstić information content (AvgIpc) is 2.94. The van der Waals surface area contributed by atoms with Crippen molar-refractivity contribution < 1.29 is 9.59 Å². The number of rotatable bonds is 4. The van der Waals surface area contributed by atoms with Crippen LogP contribution in [0, 0.1) is 0 Å².